The van der Waals surface area contributed by atoms with Crippen molar-refractivity contribution in [3.63, 3.8) is 0 Å². The molecule has 0 rings (SSSR count). The molecule has 0 aliphatic rings. The van der Waals surface area contributed by atoms with Crippen LogP contribution in [0.1, 0.15) is 40.0 Å². The first-order valence-corrected chi connectivity index (χ1v) is 6.23. The van der Waals surface area contributed by atoms with Gasteiger partial charge in [-0.2, -0.15) is 0 Å². The van der Waals surface area contributed by atoms with Crippen LogP contribution in [0.25, 0.3) is 0 Å². The van der Waals surface area contributed by atoms with E-state index in [9.17, 15) is 9.90 Å². The Labute approximate surface area is 110 Å². The highest BCUT2D eigenvalue weighted by molar-refractivity contribution is 5.71. The van der Waals surface area contributed by atoms with Crippen LogP contribution in [0.2, 0.25) is 0 Å². The van der Waals surface area contributed by atoms with Gasteiger partial charge in [0.25, 0.3) is 0 Å². The number of allylic oxidation sites excluding steroid dienone is 3. The van der Waals surface area contributed by atoms with Gasteiger partial charge in [0.2, 0.25) is 0 Å². The van der Waals surface area contributed by atoms with Crippen molar-refractivity contribution < 1.29 is 15.0 Å². The van der Waals surface area contributed by atoms with Crippen LogP contribution in [0, 0.1) is 0 Å². The van der Waals surface area contributed by atoms with Gasteiger partial charge in [0.15, 0.2) is 0 Å². The maximum absolute atomic E-state index is 10.4. The SMILES string of the molecule is C/C(C=O)=C\CC/C(C)=C/[C@H](O)C/C(C)=C/CO. The molecule has 2 N–H and O–H groups in total. The summed E-state index contributed by atoms with van der Waals surface area (Å²) in [5.74, 6) is 0. The lowest BCUT2D eigenvalue weighted by atomic mass is 10.0. The molecule has 0 aromatic heterocycles. The number of aldehydes is 1. The van der Waals surface area contributed by atoms with Crippen molar-refractivity contribution in [2.75, 3.05) is 6.61 Å². The molecule has 0 bridgehead atoms. The highest BCUT2D eigenvalue weighted by atomic mass is 16.3. The zero-order valence-electron chi connectivity index (χ0n) is 11.5. The second-order valence-electron chi connectivity index (χ2n) is 4.62. The average molecular weight is 252 g/mol. The van der Waals surface area contributed by atoms with Crippen LogP contribution >= 0.6 is 0 Å². The first-order chi connectivity index (χ1) is 8.49. The zero-order valence-corrected chi connectivity index (χ0v) is 11.5. The molecule has 0 spiro atoms. The first-order valence-electron chi connectivity index (χ1n) is 6.23. The summed E-state index contributed by atoms with van der Waals surface area (Å²) in [6.07, 6.45) is 7.95. The van der Waals surface area contributed by atoms with Gasteiger partial charge in [-0.05, 0) is 45.6 Å². The largest absolute Gasteiger partial charge is 0.392 e. The Hall–Kier alpha value is -1.19. The van der Waals surface area contributed by atoms with Crippen LogP contribution in [-0.2, 0) is 4.79 Å². The summed E-state index contributed by atoms with van der Waals surface area (Å²) in [6, 6.07) is 0. The minimum atomic E-state index is -0.510. The minimum absolute atomic E-state index is 0.0109. The maximum Gasteiger partial charge on any atom is 0.145 e. The standard InChI is InChI=1S/C15H24O3/c1-12(5-4-6-14(3)11-17)9-15(18)10-13(2)7-8-16/h6-7,9,11,15-16,18H,4-5,8,10H2,1-3H3/b12-9+,13-7+,14-6+/t15-/m0/s1. The summed E-state index contributed by atoms with van der Waals surface area (Å²) >= 11 is 0. The van der Waals surface area contributed by atoms with Crippen molar-refractivity contribution in [3.05, 3.63) is 34.9 Å². The summed E-state index contributed by atoms with van der Waals surface area (Å²) in [6.45, 7) is 5.65. The minimum Gasteiger partial charge on any atom is -0.392 e. The first kappa shape index (κ1) is 16.8. The molecular weight excluding hydrogens is 228 g/mol. The lowest BCUT2D eigenvalue weighted by Crippen LogP contribution is -2.04. The predicted octanol–water partition coefficient (Wildman–Crippen LogP) is 2.55. The molecule has 18 heavy (non-hydrogen) atoms. The van der Waals surface area contributed by atoms with E-state index in [1.54, 1.807) is 13.0 Å². The molecule has 3 heteroatoms. The van der Waals surface area contributed by atoms with Gasteiger partial charge >= 0.3 is 0 Å². The molecule has 102 valence electrons. The van der Waals surface area contributed by atoms with E-state index in [1.807, 2.05) is 26.0 Å². The number of carbonyl (C=O) groups excluding carboxylic acids is 1. The Bertz CT molecular complexity index is 338. The Morgan fingerprint density at radius 2 is 1.83 bits per heavy atom. The fraction of sp³-hybridized carbons (Fsp3) is 0.533. The van der Waals surface area contributed by atoms with Crippen molar-refractivity contribution in [2.45, 2.75) is 46.1 Å². The lowest BCUT2D eigenvalue weighted by molar-refractivity contribution is -0.104. The molecule has 0 radical (unpaired) electrons. The Kier molecular flexibility index (Phi) is 9.15. The van der Waals surface area contributed by atoms with Crippen LogP contribution in [0.15, 0.2) is 34.9 Å². The smallest absolute Gasteiger partial charge is 0.145 e. The predicted molar refractivity (Wildman–Crippen MR) is 74.3 cm³/mol. The molecule has 1 atom stereocenters. The number of aliphatic hydroxyl groups is 2. The fourth-order valence-electron chi connectivity index (χ4n) is 1.62. The molecule has 0 aliphatic heterocycles. The Balaban J connectivity index is 4.16. The number of hydrogen-bond acceptors (Lipinski definition) is 3. The van der Waals surface area contributed by atoms with Gasteiger partial charge in [-0.25, -0.2) is 0 Å². The van der Waals surface area contributed by atoms with Gasteiger partial charge in [0.1, 0.15) is 6.29 Å². The second kappa shape index (κ2) is 9.80. The highest BCUT2D eigenvalue weighted by Gasteiger charge is 2.02. The van der Waals surface area contributed by atoms with Crippen molar-refractivity contribution in [1.29, 1.82) is 0 Å². The molecule has 0 aromatic rings. The van der Waals surface area contributed by atoms with E-state index in [-0.39, 0.29) is 6.61 Å². The van der Waals surface area contributed by atoms with E-state index in [0.717, 1.165) is 35.8 Å². The van der Waals surface area contributed by atoms with Crippen LogP contribution in [-0.4, -0.2) is 29.2 Å². The summed E-state index contributed by atoms with van der Waals surface area (Å²) in [5.41, 5.74) is 2.82. The summed E-state index contributed by atoms with van der Waals surface area (Å²) in [7, 11) is 0. The van der Waals surface area contributed by atoms with Gasteiger partial charge in [-0.3, -0.25) is 4.79 Å². The topological polar surface area (TPSA) is 57.5 Å². The van der Waals surface area contributed by atoms with E-state index in [2.05, 4.69) is 0 Å². The molecule has 0 saturated heterocycles. The summed E-state index contributed by atoms with van der Waals surface area (Å²) < 4.78 is 0. The third-order valence-electron chi connectivity index (χ3n) is 2.64. The monoisotopic (exact) mass is 252 g/mol. The normalized spacial score (nSPS) is 15.7. The molecule has 3 nitrogen and oxygen atoms in total. The second-order valence-corrected chi connectivity index (χ2v) is 4.62. The van der Waals surface area contributed by atoms with E-state index in [4.69, 9.17) is 5.11 Å². The van der Waals surface area contributed by atoms with Gasteiger partial charge < -0.3 is 10.2 Å². The summed E-state index contributed by atoms with van der Waals surface area (Å²) in [4.78, 5) is 10.4. The van der Waals surface area contributed by atoms with Crippen molar-refractivity contribution in [1.82, 2.24) is 0 Å². The number of rotatable bonds is 8. The third kappa shape index (κ3) is 8.90. The van der Waals surface area contributed by atoms with Crippen LogP contribution in [0.4, 0.5) is 0 Å². The molecule has 0 fully saturated rings. The lowest BCUT2D eigenvalue weighted by Gasteiger charge is -2.08. The summed E-state index contributed by atoms with van der Waals surface area (Å²) in [5, 5.41) is 18.5. The Morgan fingerprint density at radius 1 is 1.17 bits per heavy atom. The highest BCUT2D eigenvalue weighted by Crippen LogP contribution is 2.11. The number of carbonyl (C=O) groups is 1. The van der Waals surface area contributed by atoms with Crippen molar-refractivity contribution >= 4 is 6.29 Å². The van der Waals surface area contributed by atoms with Crippen molar-refractivity contribution in [3.8, 4) is 0 Å². The van der Waals surface area contributed by atoms with Gasteiger partial charge in [0.05, 0.1) is 12.7 Å². The van der Waals surface area contributed by atoms with Crippen LogP contribution in [0.3, 0.4) is 0 Å². The molecule has 0 aliphatic carbocycles. The fourth-order valence-corrected chi connectivity index (χ4v) is 1.62. The maximum atomic E-state index is 10.4. The molecule has 0 heterocycles. The third-order valence-corrected chi connectivity index (χ3v) is 2.64. The zero-order chi connectivity index (χ0) is 14.0. The molecular formula is C15H24O3. The Morgan fingerprint density at radius 3 is 2.39 bits per heavy atom. The number of aliphatic hydroxyl groups excluding tert-OH is 2. The van der Waals surface area contributed by atoms with Crippen LogP contribution < -0.4 is 0 Å². The van der Waals surface area contributed by atoms with Gasteiger partial charge in [-0.1, -0.05) is 29.4 Å². The van der Waals surface area contributed by atoms with Gasteiger partial charge in [-0.15, -0.1) is 0 Å². The van der Waals surface area contributed by atoms with E-state index in [1.165, 1.54) is 0 Å². The van der Waals surface area contributed by atoms with E-state index >= 15 is 0 Å². The van der Waals surface area contributed by atoms with Crippen LogP contribution in [0.5, 0.6) is 0 Å². The number of hydrogen-bond donors (Lipinski definition) is 2. The molecule has 0 aromatic carbocycles. The average Bonchev–Trinajstić information content (AvgIpc) is 2.28. The van der Waals surface area contributed by atoms with E-state index in [0.29, 0.717) is 6.42 Å². The molecule has 0 saturated carbocycles. The van der Waals surface area contributed by atoms with E-state index < -0.39 is 6.10 Å². The molecule has 0 amide bonds. The molecule has 0 unspecified atom stereocenters. The van der Waals surface area contributed by atoms with Crippen molar-refractivity contribution in [2.24, 2.45) is 0 Å². The van der Waals surface area contributed by atoms with Gasteiger partial charge in [0, 0.05) is 0 Å². The quantitative estimate of drug-likeness (QED) is 0.396.